The number of benzene rings is 1. The van der Waals surface area contributed by atoms with Crippen LogP contribution in [0.2, 0.25) is 0 Å². The van der Waals surface area contributed by atoms with Crippen LogP contribution in [0.1, 0.15) is 46.2 Å². The lowest BCUT2D eigenvalue weighted by Gasteiger charge is -2.16. The van der Waals surface area contributed by atoms with Gasteiger partial charge in [-0.3, -0.25) is 0 Å². The maximum Gasteiger partial charge on any atom is 0.128 e. The Bertz CT molecular complexity index is 468. The zero-order valence-corrected chi connectivity index (χ0v) is 13.9. The van der Waals surface area contributed by atoms with Crippen LogP contribution in [0.4, 0.5) is 4.39 Å². The van der Waals surface area contributed by atoms with Gasteiger partial charge in [-0.1, -0.05) is 43.6 Å². The van der Waals surface area contributed by atoms with Gasteiger partial charge in [0.1, 0.15) is 5.82 Å². The topological polar surface area (TPSA) is 12.0 Å². The fraction of sp³-hybridized carbons (Fsp3) is 0.625. The van der Waals surface area contributed by atoms with Crippen molar-refractivity contribution in [1.29, 1.82) is 0 Å². The van der Waals surface area contributed by atoms with E-state index in [4.69, 9.17) is 0 Å². The summed E-state index contributed by atoms with van der Waals surface area (Å²) in [5.74, 6) is 0.509. The Hall–Kier alpha value is -0.410. The Morgan fingerprint density at radius 2 is 1.84 bits per heavy atom. The molecule has 3 heteroatoms. The molecule has 0 radical (unpaired) electrons. The van der Waals surface area contributed by atoms with E-state index in [0.29, 0.717) is 16.7 Å². The summed E-state index contributed by atoms with van der Waals surface area (Å²) in [5.41, 5.74) is 1.47. The Morgan fingerprint density at radius 3 is 2.37 bits per heavy atom. The summed E-state index contributed by atoms with van der Waals surface area (Å²) in [6, 6.07) is 5.14. The van der Waals surface area contributed by atoms with Crippen LogP contribution in [-0.2, 0) is 0 Å². The summed E-state index contributed by atoms with van der Waals surface area (Å²) >= 11 is 3.40. The van der Waals surface area contributed by atoms with E-state index in [1.165, 1.54) is 6.07 Å². The maximum atomic E-state index is 13.8. The zero-order chi connectivity index (χ0) is 14.4. The van der Waals surface area contributed by atoms with Crippen molar-refractivity contribution >= 4 is 15.9 Å². The quantitative estimate of drug-likeness (QED) is 0.827. The third kappa shape index (κ3) is 2.59. The molecule has 1 aromatic rings. The lowest BCUT2D eigenvalue weighted by molar-refractivity contribution is 0.457. The maximum absolute atomic E-state index is 13.8. The molecule has 1 unspecified atom stereocenters. The van der Waals surface area contributed by atoms with Gasteiger partial charge in [-0.2, -0.15) is 0 Å². The molecule has 1 atom stereocenters. The van der Waals surface area contributed by atoms with Crippen LogP contribution in [0, 0.1) is 22.6 Å². The largest absolute Gasteiger partial charge is 0.310 e. The first-order chi connectivity index (χ1) is 8.68. The molecule has 0 bridgehead atoms. The van der Waals surface area contributed by atoms with Crippen molar-refractivity contribution in [3.63, 3.8) is 0 Å². The van der Waals surface area contributed by atoms with Crippen LogP contribution in [0.25, 0.3) is 0 Å². The molecule has 0 heterocycles. The van der Waals surface area contributed by atoms with E-state index >= 15 is 0 Å². The minimum Gasteiger partial charge on any atom is -0.310 e. The Kier molecular flexibility index (Phi) is 3.83. The first-order valence-corrected chi connectivity index (χ1v) is 7.65. The molecular formula is C16H23BrFN. The van der Waals surface area contributed by atoms with Gasteiger partial charge in [0.05, 0.1) is 0 Å². The molecular weight excluding hydrogens is 305 g/mol. The molecule has 0 aromatic heterocycles. The van der Waals surface area contributed by atoms with Gasteiger partial charge in [-0.15, -0.1) is 0 Å². The molecule has 0 spiro atoms. The summed E-state index contributed by atoms with van der Waals surface area (Å²) in [7, 11) is 0. The van der Waals surface area contributed by atoms with E-state index in [1.807, 2.05) is 13.0 Å². The van der Waals surface area contributed by atoms with Crippen molar-refractivity contribution in [1.82, 2.24) is 5.32 Å². The highest BCUT2D eigenvalue weighted by molar-refractivity contribution is 9.10. The SMILES string of the molecule is CC(NCC1C(C)(C)C1(C)C)c1cc(Br)ccc1F. The molecule has 1 fully saturated rings. The second-order valence-corrected chi connectivity index (χ2v) is 7.71. The van der Waals surface area contributed by atoms with Crippen molar-refractivity contribution in [3.05, 3.63) is 34.1 Å². The highest BCUT2D eigenvalue weighted by Crippen LogP contribution is 2.68. The van der Waals surface area contributed by atoms with Crippen molar-refractivity contribution in [2.75, 3.05) is 6.54 Å². The third-order valence-corrected chi connectivity index (χ3v) is 5.87. The molecule has 0 amide bonds. The molecule has 1 aliphatic carbocycles. The average molecular weight is 328 g/mol. The van der Waals surface area contributed by atoms with Gasteiger partial charge in [-0.25, -0.2) is 4.39 Å². The standard InChI is InChI=1S/C16H23BrFN/c1-10(12-8-11(17)6-7-13(12)18)19-9-14-15(2,3)16(14,4)5/h6-8,10,14,19H,9H2,1-5H3. The van der Waals surface area contributed by atoms with Crippen LogP contribution in [-0.4, -0.2) is 6.54 Å². The second-order valence-electron chi connectivity index (χ2n) is 6.79. The summed E-state index contributed by atoms with van der Waals surface area (Å²) in [5, 5.41) is 3.48. The van der Waals surface area contributed by atoms with Gasteiger partial charge < -0.3 is 5.32 Å². The molecule has 1 aliphatic rings. The predicted molar refractivity (Wildman–Crippen MR) is 81.6 cm³/mol. The lowest BCUT2D eigenvalue weighted by Crippen LogP contribution is -2.23. The minimum atomic E-state index is -0.141. The molecule has 2 rings (SSSR count). The van der Waals surface area contributed by atoms with Gasteiger partial charge in [0.15, 0.2) is 0 Å². The summed E-state index contributed by atoms with van der Waals surface area (Å²) in [6.45, 7) is 12.2. The van der Waals surface area contributed by atoms with E-state index in [-0.39, 0.29) is 11.9 Å². The normalized spacial score (nSPS) is 22.3. The van der Waals surface area contributed by atoms with Crippen LogP contribution in [0.5, 0.6) is 0 Å². The van der Waals surface area contributed by atoms with E-state index < -0.39 is 0 Å². The fourth-order valence-corrected chi connectivity index (χ4v) is 3.47. The molecule has 1 N–H and O–H groups in total. The second kappa shape index (κ2) is 4.85. The number of halogens is 2. The van der Waals surface area contributed by atoms with Crippen molar-refractivity contribution in [2.45, 2.75) is 40.7 Å². The third-order valence-electron chi connectivity index (χ3n) is 5.37. The molecule has 106 valence electrons. The summed E-state index contributed by atoms with van der Waals surface area (Å²) in [6.07, 6.45) is 0. The van der Waals surface area contributed by atoms with Gasteiger partial charge in [0, 0.05) is 16.1 Å². The van der Waals surface area contributed by atoms with Crippen molar-refractivity contribution in [2.24, 2.45) is 16.7 Å². The van der Waals surface area contributed by atoms with Crippen LogP contribution in [0.3, 0.4) is 0 Å². The Balaban J connectivity index is 1.99. The van der Waals surface area contributed by atoms with Crippen LogP contribution >= 0.6 is 15.9 Å². The molecule has 19 heavy (non-hydrogen) atoms. The van der Waals surface area contributed by atoms with Crippen molar-refractivity contribution in [3.8, 4) is 0 Å². The lowest BCUT2D eigenvalue weighted by atomic mass is 10.0. The highest BCUT2D eigenvalue weighted by atomic mass is 79.9. The summed E-state index contributed by atoms with van der Waals surface area (Å²) in [4.78, 5) is 0. The highest BCUT2D eigenvalue weighted by Gasteiger charge is 2.63. The first-order valence-electron chi connectivity index (χ1n) is 6.86. The zero-order valence-electron chi connectivity index (χ0n) is 12.3. The van der Waals surface area contributed by atoms with Crippen LogP contribution in [0.15, 0.2) is 22.7 Å². The number of hydrogen-bond acceptors (Lipinski definition) is 1. The van der Waals surface area contributed by atoms with Gasteiger partial charge in [0.25, 0.3) is 0 Å². The number of rotatable bonds is 4. The van der Waals surface area contributed by atoms with Gasteiger partial charge >= 0.3 is 0 Å². The average Bonchev–Trinajstić information content (AvgIpc) is 2.70. The van der Waals surface area contributed by atoms with E-state index in [1.54, 1.807) is 6.07 Å². The first kappa shape index (κ1) is 15.0. The van der Waals surface area contributed by atoms with Gasteiger partial charge in [-0.05, 0) is 48.4 Å². The molecule has 1 nitrogen and oxygen atoms in total. The van der Waals surface area contributed by atoms with Gasteiger partial charge in [0.2, 0.25) is 0 Å². The van der Waals surface area contributed by atoms with Crippen molar-refractivity contribution < 1.29 is 4.39 Å². The van der Waals surface area contributed by atoms with E-state index in [2.05, 4.69) is 48.9 Å². The molecule has 0 aliphatic heterocycles. The fourth-order valence-electron chi connectivity index (χ4n) is 3.09. The molecule has 1 saturated carbocycles. The van der Waals surface area contributed by atoms with E-state index in [0.717, 1.165) is 16.6 Å². The summed E-state index contributed by atoms with van der Waals surface area (Å²) < 4.78 is 14.7. The number of nitrogens with one attached hydrogen (secondary N) is 1. The van der Waals surface area contributed by atoms with E-state index in [9.17, 15) is 4.39 Å². The minimum absolute atomic E-state index is 0.0321. The molecule has 0 saturated heterocycles. The monoisotopic (exact) mass is 327 g/mol. The van der Waals surface area contributed by atoms with Crippen LogP contribution < -0.4 is 5.32 Å². The predicted octanol–water partition coefficient (Wildman–Crippen LogP) is 4.92. The smallest absolute Gasteiger partial charge is 0.128 e. The molecule has 1 aromatic carbocycles. The number of hydrogen-bond donors (Lipinski definition) is 1. The Labute approximate surface area is 124 Å². The Morgan fingerprint density at radius 1 is 1.26 bits per heavy atom.